The van der Waals surface area contributed by atoms with Crippen LogP contribution >= 0.6 is 11.3 Å². The van der Waals surface area contributed by atoms with Gasteiger partial charge in [0.15, 0.2) is 5.13 Å². The lowest BCUT2D eigenvalue weighted by molar-refractivity contribution is 0.138. The number of rotatable bonds is 6. The highest BCUT2D eigenvalue weighted by atomic mass is 32.1. The zero-order valence-corrected chi connectivity index (χ0v) is 14.5. The Kier molecular flexibility index (Phi) is 4.90. The zero-order valence-electron chi connectivity index (χ0n) is 13.7. The molecule has 128 valence electrons. The van der Waals surface area contributed by atoms with Crippen molar-refractivity contribution in [3.63, 3.8) is 0 Å². The normalized spacial score (nSPS) is 16.7. The maximum absolute atomic E-state index is 5.85. The van der Waals surface area contributed by atoms with Crippen molar-refractivity contribution in [3.05, 3.63) is 60.4 Å². The van der Waals surface area contributed by atoms with E-state index >= 15 is 0 Å². The Morgan fingerprint density at radius 1 is 1.20 bits per heavy atom. The summed E-state index contributed by atoms with van der Waals surface area (Å²) >= 11 is 1.65. The zero-order chi connectivity index (χ0) is 16.9. The van der Waals surface area contributed by atoms with Crippen molar-refractivity contribution < 1.29 is 9.47 Å². The summed E-state index contributed by atoms with van der Waals surface area (Å²) in [5.41, 5.74) is 2.30. The molecule has 1 aliphatic heterocycles. The van der Waals surface area contributed by atoms with Gasteiger partial charge in [0, 0.05) is 31.4 Å². The summed E-state index contributed by atoms with van der Waals surface area (Å²) in [6.07, 6.45) is 4.72. The number of hydrogen-bond donors (Lipinski definition) is 1. The first-order chi connectivity index (χ1) is 12.4. The molecule has 0 radical (unpaired) electrons. The molecule has 5 nitrogen and oxygen atoms in total. The molecule has 0 spiro atoms. The third kappa shape index (κ3) is 4.15. The van der Waals surface area contributed by atoms with E-state index in [0.29, 0.717) is 19.0 Å². The van der Waals surface area contributed by atoms with Gasteiger partial charge >= 0.3 is 0 Å². The van der Waals surface area contributed by atoms with Crippen molar-refractivity contribution in [1.29, 1.82) is 0 Å². The third-order valence-corrected chi connectivity index (χ3v) is 4.99. The van der Waals surface area contributed by atoms with Crippen molar-refractivity contribution in [1.82, 2.24) is 9.97 Å². The van der Waals surface area contributed by atoms with E-state index in [1.165, 1.54) is 5.56 Å². The minimum atomic E-state index is 0.114. The second-order valence-corrected chi connectivity index (χ2v) is 6.89. The molecule has 0 amide bonds. The van der Waals surface area contributed by atoms with Gasteiger partial charge in [0.2, 0.25) is 5.88 Å². The first-order valence-electron chi connectivity index (χ1n) is 8.31. The van der Waals surface area contributed by atoms with E-state index in [-0.39, 0.29) is 6.10 Å². The largest absolute Gasteiger partial charge is 0.472 e. The highest BCUT2D eigenvalue weighted by molar-refractivity contribution is 7.18. The van der Waals surface area contributed by atoms with Crippen LogP contribution in [0, 0.1) is 0 Å². The van der Waals surface area contributed by atoms with Crippen molar-refractivity contribution in [3.8, 4) is 16.3 Å². The van der Waals surface area contributed by atoms with Crippen LogP contribution in [0.3, 0.4) is 0 Å². The topological polar surface area (TPSA) is 56.3 Å². The number of ether oxygens (including phenoxy) is 2. The lowest BCUT2D eigenvalue weighted by Crippen LogP contribution is -2.16. The highest BCUT2D eigenvalue weighted by Gasteiger charge is 2.17. The summed E-state index contributed by atoms with van der Waals surface area (Å²) < 4.78 is 11.2. The van der Waals surface area contributed by atoms with Gasteiger partial charge < -0.3 is 14.8 Å². The van der Waals surface area contributed by atoms with Crippen molar-refractivity contribution in [2.24, 2.45) is 0 Å². The van der Waals surface area contributed by atoms with Crippen molar-refractivity contribution >= 4 is 16.5 Å². The number of aromatic nitrogens is 2. The molecule has 0 saturated carbocycles. The SMILES string of the molecule is c1ccc(-c2cnc(NCc3ccnc(OC4CCOC4)c3)s2)cc1. The lowest BCUT2D eigenvalue weighted by Gasteiger charge is -2.11. The molecule has 0 aliphatic carbocycles. The van der Waals surface area contributed by atoms with Crippen LogP contribution < -0.4 is 10.1 Å². The molecule has 3 heterocycles. The fourth-order valence-corrected chi connectivity index (χ4v) is 3.49. The molecule has 1 fully saturated rings. The molecule has 2 aromatic heterocycles. The summed E-state index contributed by atoms with van der Waals surface area (Å²) in [5.74, 6) is 0.652. The van der Waals surface area contributed by atoms with E-state index < -0.39 is 0 Å². The second-order valence-electron chi connectivity index (χ2n) is 5.86. The first kappa shape index (κ1) is 16.1. The van der Waals surface area contributed by atoms with Crippen LogP contribution in [0.25, 0.3) is 10.4 Å². The first-order valence-corrected chi connectivity index (χ1v) is 9.13. The predicted molar refractivity (Wildman–Crippen MR) is 99.0 cm³/mol. The van der Waals surface area contributed by atoms with Crippen molar-refractivity contribution in [2.45, 2.75) is 19.1 Å². The average Bonchev–Trinajstić information content (AvgIpc) is 3.33. The van der Waals surface area contributed by atoms with Gasteiger partial charge in [-0.25, -0.2) is 9.97 Å². The van der Waals surface area contributed by atoms with Crippen LogP contribution in [0.15, 0.2) is 54.9 Å². The fraction of sp³-hybridized carbons (Fsp3) is 0.263. The smallest absolute Gasteiger partial charge is 0.213 e. The number of nitrogens with zero attached hydrogens (tertiary/aromatic N) is 2. The second kappa shape index (κ2) is 7.63. The summed E-state index contributed by atoms with van der Waals surface area (Å²) in [7, 11) is 0. The van der Waals surface area contributed by atoms with Gasteiger partial charge in [-0.1, -0.05) is 41.7 Å². The molecule has 6 heteroatoms. The summed E-state index contributed by atoms with van der Waals surface area (Å²) in [6, 6.07) is 14.2. The average molecular weight is 353 g/mol. The molecule has 1 aromatic carbocycles. The summed E-state index contributed by atoms with van der Waals surface area (Å²) in [6.45, 7) is 2.09. The Hall–Kier alpha value is -2.44. The van der Waals surface area contributed by atoms with Gasteiger partial charge in [-0.2, -0.15) is 0 Å². The fourth-order valence-electron chi connectivity index (χ4n) is 2.67. The van der Waals surface area contributed by atoms with Gasteiger partial charge in [-0.15, -0.1) is 0 Å². The number of hydrogen-bond acceptors (Lipinski definition) is 6. The van der Waals surface area contributed by atoms with Crippen LogP contribution in [0.1, 0.15) is 12.0 Å². The van der Waals surface area contributed by atoms with Crippen LogP contribution in [-0.4, -0.2) is 29.3 Å². The summed E-state index contributed by atoms with van der Waals surface area (Å²) in [4.78, 5) is 9.90. The number of nitrogens with one attached hydrogen (secondary N) is 1. The molecular formula is C19H19N3O2S. The van der Waals surface area contributed by atoms with Crippen LogP contribution in [0.2, 0.25) is 0 Å². The van der Waals surface area contributed by atoms with Gasteiger partial charge in [0.1, 0.15) is 6.10 Å². The number of pyridine rings is 1. The number of benzene rings is 1. The summed E-state index contributed by atoms with van der Waals surface area (Å²) in [5, 5.41) is 4.28. The molecule has 1 saturated heterocycles. The van der Waals surface area contributed by atoms with Gasteiger partial charge in [0.25, 0.3) is 0 Å². The molecule has 1 N–H and O–H groups in total. The minimum absolute atomic E-state index is 0.114. The van der Waals surface area contributed by atoms with Crippen LogP contribution in [0.5, 0.6) is 5.88 Å². The predicted octanol–water partition coefficient (Wildman–Crippen LogP) is 3.98. The monoisotopic (exact) mass is 353 g/mol. The van der Waals surface area contributed by atoms with Gasteiger partial charge in [-0.05, 0) is 17.2 Å². The maximum Gasteiger partial charge on any atom is 0.213 e. The molecule has 1 atom stereocenters. The standard InChI is InChI=1S/C19H19N3O2S/c1-2-4-15(5-3-1)17-12-22-19(25-17)21-11-14-6-8-20-18(10-14)24-16-7-9-23-13-16/h1-6,8,10,12,16H,7,9,11,13H2,(H,21,22). The third-order valence-electron chi connectivity index (χ3n) is 3.98. The Labute approximate surface area is 150 Å². The Morgan fingerprint density at radius 2 is 2.12 bits per heavy atom. The molecule has 0 bridgehead atoms. The van der Waals surface area contributed by atoms with E-state index in [1.54, 1.807) is 17.5 Å². The number of thiazole rings is 1. The molecule has 4 rings (SSSR count). The van der Waals surface area contributed by atoms with E-state index in [1.807, 2.05) is 36.5 Å². The van der Waals surface area contributed by atoms with Crippen LogP contribution in [0.4, 0.5) is 5.13 Å². The minimum Gasteiger partial charge on any atom is -0.472 e. The highest BCUT2D eigenvalue weighted by Crippen LogP contribution is 2.29. The maximum atomic E-state index is 5.85. The molecule has 1 unspecified atom stereocenters. The Morgan fingerprint density at radius 3 is 2.96 bits per heavy atom. The van der Waals surface area contributed by atoms with Crippen LogP contribution in [-0.2, 0) is 11.3 Å². The molecule has 3 aromatic rings. The van der Waals surface area contributed by atoms with Gasteiger partial charge in [-0.3, -0.25) is 0 Å². The molecule has 1 aliphatic rings. The lowest BCUT2D eigenvalue weighted by atomic mass is 10.2. The van der Waals surface area contributed by atoms with E-state index in [2.05, 4.69) is 27.4 Å². The number of anilines is 1. The quantitative estimate of drug-likeness (QED) is 0.726. The van der Waals surface area contributed by atoms with E-state index in [0.717, 1.165) is 28.6 Å². The van der Waals surface area contributed by atoms with Crippen molar-refractivity contribution in [2.75, 3.05) is 18.5 Å². The van der Waals surface area contributed by atoms with E-state index in [4.69, 9.17) is 9.47 Å². The van der Waals surface area contributed by atoms with E-state index in [9.17, 15) is 0 Å². The van der Waals surface area contributed by atoms with Gasteiger partial charge in [0.05, 0.1) is 18.1 Å². The Bertz CT molecular complexity index is 816. The molecular weight excluding hydrogens is 334 g/mol. The molecule has 25 heavy (non-hydrogen) atoms. The Balaban J connectivity index is 1.37.